The van der Waals surface area contributed by atoms with Crippen molar-refractivity contribution >= 4 is 75.3 Å². The normalized spacial score (nSPS) is 11.9. The number of hydrogen-bond donors (Lipinski definition) is 0. The summed E-state index contributed by atoms with van der Waals surface area (Å²) in [6.07, 6.45) is 0. The highest BCUT2D eigenvalue weighted by molar-refractivity contribution is 7.26. The summed E-state index contributed by atoms with van der Waals surface area (Å²) in [6.45, 7) is 0. The van der Waals surface area contributed by atoms with Crippen molar-refractivity contribution in [1.29, 1.82) is 0 Å². The first kappa shape index (κ1) is 31.9. The number of hydrogen-bond acceptors (Lipinski definition) is 5. The zero-order valence-electron chi connectivity index (χ0n) is 30.4. The highest BCUT2D eigenvalue weighted by atomic mass is 32.1. The fraction of sp³-hybridized carbons (Fsp3) is 0. The van der Waals surface area contributed by atoms with E-state index in [1.54, 1.807) is 0 Å². The molecule has 4 aromatic heterocycles. The van der Waals surface area contributed by atoms with Crippen LogP contribution in [0.1, 0.15) is 0 Å². The van der Waals surface area contributed by atoms with Crippen LogP contribution in [0.15, 0.2) is 186 Å². The zero-order chi connectivity index (χ0) is 37.5. The van der Waals surface area contributed by atoms with Crippen LogP contribution in [0.2, 0.25) is 0 Å². The number of furan rings is 1. The van der Waals surface area contributed by atoms with E-state index in [9.17, 15) is 0 Å². The second-order valence-corrected chi connectivity index (χ2v) is 15.4. The molecule has 0 bridgehead atoms. The van der Waals surface area contributed by atoms with Gasteiger partial charge in [-0.2, -0.15) is 0 Å². The van der Waals surface area contributed by atoms with Gasteiger partial charge in [0.25, 0.3) is 0 Å². The first-order valence-electron chi connectivity index (χ1n) is 19.0. The van der Waals surface area contributed by atoms with Gasteiger partial charge >= 0.3 is 0 Å². The average molecular weight is 747 g/mol. The lowest BCUT2D eigenvalue weighted by molar-refractivity contribution is 0.666. The van der Waals surface area contributed by atoms with Crippen LogP contribution < -0.4 is 0 Å². The lowest BCUT2D eigenvalue weighted by Gasteiger charge is -2.09. The molecule has 266 valence electrons. The average Bonchev–Trinajstić information content (AvgIpc) is 3.96. The van der Waals surface area contributed by atoms with Crippen molar-refractivity contribution in [2.24, 2.45) is 0 Å². The van der Waals surface area contributed by atoms with E-state index in [2.05, 4.69) is 150 Å². The van der Waals surface area contributed by atoms with Gasteiger partial charge in [0.15, 0.2) is 23.1 Å². The quantitative estimate of drug-likeness (QED) is 0.176. The number of nitrogens with zero attached hydrogens (tertiary/aromatic N) is 4. The maximum absolute atomic E-state index is 6.94. The van der Waals surface area contributed by atoms with Gasteiger partial charge in [-0.3, -0.25) is 0 Å². The third-order valence-electron chi connectivity index (χ3n) is 11.1. The molecule has 4 heterocycles. The van der Waals surface area contributed by atoms with Crippen molar-refractivity contribution in [3.05, 3.63) is 182 Å². The SMILES string of the molecule is c1ccc(-c2cccc(-c3nc(-c4ccccc4)nc(-c4ccc5c(c4)oc4c(-n6c7ccccc7c7ccc8c9ccccc9sc8c76)cccc45)n3)c2)cc1. The molecule has 0 aliphatic rings. The highest BCUT2D eigenvalue weighted by Gasteiger charge is 2.21. The van der Waals surface area contributed by atoms with Crippen molar-refractivity contribution in [3.63, 3.8) is 0 Å². The molecule has 0 aliphatic carbocycles. The third-order valence-corrected chi connectivity index (χ3v) is 12.2. The molecule has 8 aromatic carbocycles. The largest absolute Gasteiger partial charge is 0.454 e. The Morgan fingerprint density at radius 3 is 1.82 bits per heavy atom. The molecule has 0 amide bonds. The zero-order valence-corrected chi connectivity index (χ0v) is 31.2. The maximum atomic E-state index is 6.94. The van der Waals surface area contributed by atoms with Gasteiger partial charge in [-0.05, 0) is 47.5 Å². The molecule has 12 rings (SSSR count). The first-order valence-corrected chi connectivity index (χ1v) is 19.8. The highest BCUT2D eigenvalue weighted by Crippen LogP contribution is 2.45. The lowest BCUT2D eigenvalue weighted by atomic mass is 10.0. The molecular formula is C51H30N4OS. The second-order valence-electron chi connectivity index (χ2n) is 14.4. The molecule has 0 atom stereocenters. The van der Waals surface area contributed by atoms with Gasteiger partial charge in [0.2, 0.25) is 0 Å². The van der Waals surface area contributed by atoms with Crippen LogP contribution >= 0.6 is 11.3 Å². The first-order chi connectivity index (χ1) is 28.2. The number of rotatable bonds is 5. The van der Waals surface area contributed by atoms with E-state index in [-0.39, 0.29) is 0 Å². The van der Waals surface area contributed by atoms with Crippen molar-refractivity contribution in [2.75, 3.05) is 0 Å². The van der Waals surface area contributed by atoms with E-state index in [1.165, 1.54) is 36.5 Å². The molecule has 0 radical (unpaired) electrons. The molecule has 0 spiro atoms. The summed E-state index contributed by atoms with van der Waals surface area (Å²) < 4.78 is 11.9. The minimum absolute atomic E-state index is 0.584. The summed E-state index contributed by atoms with van der Waals surface area (Å²) in [4.78, 5) is 15.2. The van der Waals surface area contributed by atoms with E-state index in [1.807, 2.05) is 47.7 Å². The fourth-order valence-corrected chi connectivity index (χ4v) is 9.64. The summed E-state index contributed by atoms with van der Waals surface area (Å²) in [5.41, 5.74) is 9.91. The van der Waals surface area contributed by atoms with Crippen LogP contribution in [0.5, 0.6) is 0 Å². The Kier molecular flexibility index (Phi) is 7.03. The van der Waals surface area contributed by atoms with Crippen LogP contribution in [0.4, 0.5) is 0 Å². The number of para-hydroxylation sites is 2. The lowest BCUT2D eigenvalue weighted by Crippen LogP contribution is -2.00. The molecule has 5 nitrogen and oxygen atoms in total. The second kappa shape index (κ2) is 12.6. The van der Waals surface area contributed by atoms with Crippen molar-refractivity contribution in [1.82, 2.24) is 19.5 Å². The van der Waals surface area contributed by atoms with Crippen molar-refractivity contribution < 1.29 is 4.42 Å². The molecule has 6 heteroatoms. The predicted octanol–water partition coefficient (Wildman–Crippen LogP) is 13.9. The van der Waals surface area contributed by atoms with Gasteiger partial charge in [-0.15, -0.1) is 11.3 Å². The summed E-state index contributed by atoms with van der Waals surface area (Å²) >= 11 is 1.85. The minimum Gasteiger partial charge on any atom is -0.454 e. The van der Waals surface area contributed by atoms with Gasteiger partial charge in [-0.25, -0.2) is 15.0 Å². The van der Waals surface area contributed by atoms with Gasteiger partial charge in [0, 0.05) is 53.7 Å². The minimum atomic E-state index is 0.584. The van der Waals surface area contributed by atoms with E-state index in [4.69, 9.17) is 19.4 Å². The van der Waals surface area contributed by atoms with E-state index in [0.29, 0.717) is 17.5 Å². The molecule has 0 saturated heterocycles. The maximum Gasteiger partial charge on any atom is 0.164 e. The Hall–Kier alpha value is -7.41. The molecule has 0 aliphatic heterocycles. The predicted molar refractivity (Wildman–Crippen MR) is 236 cm³/mol. The molecule has 12 aromatic rings. The third kappa shape index (κ3) is 5.04. The topological polar surface area (TPSA) is 56.7 Å². The van der Waals surface area contributed by atoms with Gasteiger partial charge in [0.05, 0.1) is 21.4 Å². The fourth-order valence-electron chi connectivity index (χ4n) is 8.40. The van der Waals surface area contributed by atoms with Crippen LogP contribution in [-0.4, -0.2) is 19.5 Å². The molecule has 0 saturated carbocycles. The van der Waals surface area contributed by atoms with Crippen molar-refractivity contribution in [3.8, 4) is 51.0 Å². The monoisotopic (exact) mass is 746 g/mol. The van der Waals surface area contributed by atoms with Crippen LogP contribution in [0, 0.1) is 0 Å². The molecule has 0 N–H and O–H groups in total. The Labute approximate surface area is 330 Å². The Bertz CT molecular complexity index is 3530. The molecule has 0 unspecified atom stereocenters. The number of fused-ring (bicyclic) bond motifs is 10. The summed E-state index contributed by atoms with van der Waals surface area (Å²) in [6, 6.07) is 63.6. The number of thiophene rings is 1. The van der Waals surface area contributed by atoms with Gasteiger partial charge in [0.1, 0.15) is 5.58 Å². The summed E-state index contributed by atoms with van der Waals surface area (Å²) in [5, 5.41) is 7.10. The van der Waals surface area contributed by atoms with Gasteiger partial charge < -0.3 is 8.98 Å². The summed E-state index contributed by atoms with van der Waals surface area (Å²) in [7, 11) is 0. The standard InChI is InChI=1S/C51H30N4OS/c1-3-13-31(14-4-1)33-17-11-18-34(29-33)50-52-49(32-15-5-2-6-16-32)53-51(54-50)35-25-26-37-40-21-12-23-43(47(40)56-44(37)30-35)55-42-22-9-7-19-36(42)39-27-28-41-38-20-8-10-24-45(38)57-48(41)46(39)55/h1-30H. The van der Waals surface area contributed by atoms with Crippen LogP contribution in [0.25, 0.3) is 115 Å². The Morgan fingerprint density at radius 2 is 1.00 bits per heavy atom. The van der Waals surface area contributed by atoms with E-state index < -0.39 is 0 Å². The van der Waals surface area contributed by atoms with E-state index >= 15 is 0 Å². The number of benzene rings is 8. The smallest absolute Gasteiger partial charge is 0.164 e. The Balaban J connectivity index is 1.05. The molecule has 57 heavy (non-hydrogen) atoms. The summed E-state index contributed by atoms with van der Waals surface area (Å²) in [5.74, 6) is 1.82. The van der Waals surface area contributed by atoms with Crippen LogP contribution in [-0.2, 0) is 0 Å². The molecular weight excluding hydrogens is 717 g/mol. The van der Waals surface area contributed by atoms with Gasteiger partial charge in [-0.1, -0.05) is 146 Å². The number of aromatic nitrogens is 4. The van der Waals surface area contributed by atoms with Crippen molar-refractivity contribution in [2.45, 2.75) is 0 Å². The Morgan fingerprint density at radius 1 is 0.404 bits per heavy atom. The van der Waals surface area contributed by atoms with Crippen LogP contribution in [0.3, 0.4) is 0 Å². The molecule has 0 fully saturated rings. The van der Waals surface area contributed by atoms with E-state index in [0.717, 1.165) is 61.0 Å².